The van der Waals surface area contributed by atoms with Crippen LogP contribution in [0.3, 0.4) is 0 Å². The molecule has 0 amide bonds. The van der Waals surface area contributed by atoms with E-state index in [1.54, 1.807) is 0 Å². The Morgan fingerprint density at radius 1 is 0.200 bits per heavy atom. The van der Waals surface area contributed by atoms with Crippen LogP contribution in [0.1, 0.15) is 22.3 Å². The number of hydrogen-bond acceptors (Lipinski definition) is 2. The molecule has 0 aliphatic heterocycles. The molecule has 0 atom stereocenters. The van der Waals surface area contributed by atoms with E-state index in [1.807, 2.05) is 18.2 Å². The van der Waals surface area contributed by atoms with Crippen molar-refractivity contribution < 1.29 is 0 Å². The lowest BCUT2D eigenvalue weighted by atomic mass is 9.94. The number of benzene rings is 9. The van der Waals surface area contributed by atoms with Crippen LogP contribution in [0.4, 0.5) is 0 Å². The van der Waals surface area contributed by atoms with E-state index in [-0.39, 0.29) is 0 Å². The highest BCUT2D eigenvalue weighted by molar-refractivity contribution is 5.81. The summed E-state index contributed by atoms with van der Waals surface area (Å²) in [4.78, 5) is 10.1. The Morgan fingerprint density at radius 2 is 0.486 bits per heavy atom. The van der Waals surface area contributed by atoms with Gasteiger partial charge in [0.25, 0.3) is 0 Å². The van der Waals surface area contributed by atoms with Crippen LogP contribution in [0.5, 0.6) is 0 Å². The van der Waals surface area contributed by atoms with Gasteiger partial charge >= 0.3 is 0 Å². The maximum Gasteiger partial charge on any atom is 0.0715 e. The monoisotopic (exact) mass is 898 g/mol. The van der Waals surface area contributed by atoms with Gasteiger partial charge in [-0.15, -0.1) is 0 Å². The van der Waals surface area contributed by atoms with Crippen molar-refractivity contribution in [2.75, 3.05) is 0 Å². The molecule has 0 bridgehead atoms. The second-order valence-corrected chi connectivity index (χ2v) is 18.1. The highest BCUT2D eigenvalue weighted by Crippen LogP contribution is 2.35. The van der Waals surface area contributed by atoms with E-state index in [9.17, 15) is 0 Å². The van der Waals surface area contributed by atoms with Crippen LogP contribution in [-0.2, 0) is 0 Å². The summed E-state index contributed by atoms with van der Waals surface area (Å²) in [6.07, 6.45) is 0. The Hall–Kier alpha value is -8.72. The molecule has 9 aromatic carbocycles. The summed E-state index contributed by atoms with van der Waals surface area (Å²) < 4.78 is 0. The topological polar surface area (TPSA) is 25.8 Å². The largest absolute Gasteiger partial charge is 0.248 e. The molecule has 11 aromatic rings. The Kier molecular flexibility index (Phi) is 13.3. The Labute approximate surface area is 413 Å². The Balaban J connectivity index is 0.000000165. The summed E-state index contributed by atoms with van der Waals surface area (Å²) >= 11 is 0. The van der Waals surface area contributed by atoms with Crippen LogP contribution in [-0.4, -0.2) is 9.97 Å². The third kappa shape index (κ3) is 10.4. The molecule has 0 saturated heterocycles. The molecule has 0 spiro atoms. The molecular formula is C68H54N2. The molecule has 0 N–H and O–H groups in total. The third-order valence-corrected chi connectivity index (χ3v) is 13.0. The molecule has 0 fully saturated rings. The molecule has 70 heavy (non-hydrogen) atoms. The fourth-order valence-corrected chi connectivity index (χ4v) is 9.01. The lowest BCUT2D eigenvalue weighted by molar-refractivity contribution is 1.32. The number of hydrogen-bond donors (Lipinski definition) is 0. The van der Waals surface area contributed by atoms with Crippen molar-refractivity contribution in [3.05, 3.63) is 277 Å². The summed E-state index contributed by atoms with van der Waals surface area (Å²) in [6.45, 7) is 8.62. The smallest absolute Gasteiger partial charge is 0.0715 e. The van der Waals surface area contributed by atoms with Crippen molar-refractivity contribution in [1.29, 1.82) is 0 Å². The summed E-state index contributed by atoms with van der Waals surface area (Å²) in [6, 6.07) is 90.3. The van der Waals surface area contributed by atoms with E-state index in [1.165, 1.54) is 77.9 Å². The van der Waals surface area contributed by atoms with Crippen LogP contribution in [0.2, 0.25) is 0 Å². The van der Waals surface area contributed by atoms with Gasteiger partial charge < -0.3 is 0 Å². The van der Waals surface area contributed by atoms with E-state index >= 15 is 0 Å². The second-order valence-electron chi connectivity index (χ2n) is 18.1. The molecule has 2 nitrogen and oxygen atoms in total. The number of aromatic nitrogens is 2. The van der Waals surface area contributed by atoms with E-state index in [0.717, 1.165) is 45.0 Å². The quantitative estimate of drug-likeness (QED) is 0.144. The van der Waals surface area contributed by atoms with Crippen LogP contribution < -0.4 is 0 Å². The van der Waals surface area contributed by atoms with Gasteiger partial charge in [-0.2, -0.15) is 0 Å². The normalized spacial score (nSPS) is 10.9. The number of aryl methyl sites for hydroxylation is 4. The minimum absolute atomic E-state index is 0.974. The van der Waals surface area contributed by atoms with Gasteiger partial charge in [0.1, 0.15) is 0 Å². The number of nitrogens with zero attached hydrogens (tertiary/aromatic N) is 2. The minimum atomic E-state index is 0.974. The van der Waals surface area contributed by atoms with Crippen molar-refractivity contribution in [3.8, 4) is 101 Å². The predicted molar refractivity (Wildman–Crippen MR) is 296 cm³/mol. The fourth-order valence-electron chi connectivity index (χ4n) is 9.01. The maximum absolute atomic E-state index is 5.08. The van der Waals surface area contributed by atoms with E-state index < -0.39 is 0 Å². The molecule has 2 heterocycles. The van der Waals surface area contributed by atoms with E-state index in [4.69, 9.17) is 9.97 Å². The zero-order chi connectivity index (χ0) is 47.8. The summed E-state index contributed by atoms with van der Waals surface area (Å²) in [5.41, 5.74) is 25.7. The average molecular weight is 899 g/mol. The van der Waals surface area contributed by atoms with Gasteiger partial charge in [-0.05, 0) is 125 Å². The van der Waals surface area contributed by atoms with Crippen molar-refractivity contribution in [2.45, 2.75) is 27.7 Å². The molecule has 0 aliphatic rings. The maximum atomic E-state index is 5.08. The third-order valence-electron chi connectivity index (χ3n) is 13.0. The molecule has 2 aromatic heterocycles. The molecule has 0 aliphatic carbocycles. The van der Waals surface area contributed by atoms with Gasteiger partial charge in [-0.3, -0.25) is 0 Å². The molecule has 11 rings (SSSR count). The highest BCUT2D eigenvalue weighted by atomic mass is 14.7. The van der Waals surface area contributed by atoms with Crippen molar-refractivity contribution in [2.24, 2.45) is 0 Å². The fraction of sp³-hybridized carbons (Fsp3) is 0.0588. The van der Waals surface area contributed by atoms with Gasteiger partial charge in [0, 0.05) is 22.3 Å². The highest BCUT2D eigenvalue weighted by Gasteiger charge is 2.13. The van der Waals surface area contributed by atoms with Crippen LogP contribution >= 0.6 is 0 Å². The predicted octanol–water partition coefficient (Wildman–Crippen LogP) is 18.4. The van der Waals surface area contributed by atoms with Crippen molar-refractivity contribution >= 4 is 0 Å². The first-order chi connectivity index (χ1) is 34.3. The summed E-state index contributed by atoms with van der Waals surface area (Å²) in [7, 11) is 0. The molecule has 0 radical (unpaired) electrons. The molecule has 0 saturated carbocycles. The van der Waals surface area contributed by atoms with Crippen LogP contribution in [0.15, 0.2) is 255 Å². The van der Waals surface area contributed by atoms with Gasteiger partial charge in [0.05, 0.1) is 22.8 Å². The van der Waals surface area contributed by atoms with Gasteiger partial charge in [-0.25, -0.2) is 9.97 Å². The molecule has 336 valence electrons. The lowest BCUT2D eigenvalue weighted by Crippen LogP contribution is -1.91. The Bertz CT molecular complexity index is 3390. The van der Waals surface area contributed by atoms with E-state index in [2.05, 4.69) is 264 Å². The summed E-state index contributed by atoms with van der Waals surface area (Å²) in [5.74, 6) is 0. The van der Waals surface area contributed by atoms with Crippen molar-refractivity contribution in [1.82, 2.24) is 9.97 Å². The van der Waals surface area contributed by atoms with Gasteiger partial charge in [0.2, 0.25) is 0 Å². The van der Waals surface area contributed by atoms with Crippen LogP contribution in [0, 0.1) is 27.7 Å². The molecular weight excluding hydrogens is 845 g/mol. The molecule has 2 heteroatoms. The minimum Gasteiger partial charge on any atom is -0.248 e. The SMILES string of the molecule is Cc1ccc(-c2ccc(C)c(-c3ccc(-c4cc(-c5ccccc5)cc(-c5ccccc5)n4)cc3)c2)cc1.Cc1ccc(C)c(-c2ccc(-c3cc(-c4ccccc4)nc(-c4ccccc4)c3)cc2)c1. The first kappa shape index (κ1) is 45.1. The molecule has 0 unspecified atom stereocenters. The first-order valence-electron chi connectivity index (χ1n) is 24.0. The van der Waals surface area contributed by atoms with E-state index in [0.29, 0.717) is 0 Å². The first-order valence-corrected chi connectivity index (χ1v) is 24.0. The number of rotatable bonds is 9. The summed E-state index contributed by atoms with van der Waals surface area (Å²) in [5, 5.41) is 0. The average Bonchev–Trinajstić information content (AvgIpc) is 3.43. The van der Waals surface area contributed by atoms with Crippen molar-refractivity contribution in [3.63, 3.8) is 0 Å². The lowest BCUT2D eigenvalue weighted by Gasteiger charge is -2.12. The zero-order valence-corrected chi connectivity index (χ0v) is 40.1. The Morgan fingerprint density at radius 3 is 0.929 bits per heavy atom. The van der Waals surface area contributed by atoms with Gasteiger partial charge in [0.15, 0.2) is 0 Å². The van der Waals surface area contributed by atoms with Gasteiger partial charge in [-0.1, -0.05) is 236 Å². The number of pyridine rings is 2. The standard InChI is InChI=1S/C37H29N.C31H25N/c1-26-13-16-29(17-14-26)33-18-15-27(2)35(23-33)30-19-21-32(22-20-30)37-25-34(28-9-5-3-6-10-28)24-36(38-37)31-11-7-4-8-12-31;1-22-13-14-23(2)29(19-22)25-17-15-24(16-18-25)28-20-30(26-9-5-3-6-10-26)32-31(21-28)27-11-7-4-8-12-27/h3-25H,1-2H3;3-21H,1-2H3. The zero-order valence-electron chi connectivity index (χ0n) is 40.1. The van der Waals surface area contributed by atoms with Crippen LogP contribution in [0.25, 0.3) is 101 Å². The second kappa shape index (κ2) is 20.7.